The lowest BCUT2D eigenvalue weighted by atomic mass is 9.98. The Morgan fingerprint density at radius 2 is 1.67 bits per heavy atom. The number of ether oxygens (including phenoxy) is 1. The van der Waals surface area contributed by atoms with Gasteiger partial charge in [0.15, 0.2) is 0 Å². The predicted octanol–water partition coefficient (Wildman–Crippen LogP) is 3.39. The largest absolute Gasteiger partial charge is 0.448 e. The molecule has 5 nitrogen and oxygen atoms in total. The summed E-state index contributed by atoms with van der Waals surface area (Å²) in [6.45, 7) is 2.87. The fourth-order valence-corrected chi connectivity index (χ4v) is 4.34. The summed E-state index contributed by atoms with van der Waals surface area (Å²) in [6, 6.07) is 16.1. The average molecular weight is 364 g/mol. The summed E-state index contributed by atoms with van der Waals surface area (Å²) in [4.78, 5) is 26.4. The van der Waals surface area contributed by atoms with Crippen molar-refractivity contribution in [3.8, 4) is 11.1 Å². The van der Waals surface area contributed by atoms with Gasteiger partial charge in [0, 0.05) is 19.5 Å². The normalized spacial score (nSPS) is 20.9. The Kier molecular flexibility index (Phi) is 4.60. The van der Waals surface area contributed by atoms with Gasteiger partial charge in [-0.1, -0.05) is 55.5 Å². The Morgan fingerprint density at radius 3 is 2.26 bits per heavy atom. The molecule has 1 fully saturated rings. The van der Waals surface area contributed by atoms with Gasteiger partial charge in [-0.05, 0) is 34.6 Å². The van der Waals surface area contributed by atoms with E-state index < -0.39 is 12.1 Å². The molecule has 2 aromatic rings. The Hall–Kier alpha value is -2.82. The van der Waals surface area contributed by atoms with Crippen LogP contribution in [0.1, 0.15) is 30.4 Å². The van der Waals surface area contributed by atoms with Gasteiger partial charge in [-0.25, -0.2) is 4.79 Å². The maximum atomic E-state index is 12.7. The molecule has 2 aliphatic rings. The van der Waals surface area contributed by atoms with Crippen LogP contribution >= 0.6 is 0 Å². The van der Waals surface area contributed by atoms with Crippen LogP contribution in [0.15, 0.2) is 48.5 Å². The third kappa shape index (κ3) is 3.07. The Balaban J connectivity index is 1.52. The van der Waals surface area contributed by atoms with Crippen molar-refractivity contribution in [2.75, 3.05) is 20.2 Å². The Bertz CT molecular complexity index is 834. The quantitative estimate of drug-likeness (QED) is 0.908. The second kappa shape index (κ2) is 7.06. The molecule has 2 aromatic carbocycles. The van der Waals surface area contributed by atoms with Crippen LogP contribution in [0.4, 0.5) is 4.79 Å². The van der Waals surface area contributed by atoms with Crippen LogP contribution in [-0.4, -0.2) is 43.1 Å². The molecule has 1 N–H and O–H groups in total. The minimum Gasteiger partial charge on any atom is -0.448 e. The van der Waals surface area contributed by atoms with Crippen molar-refractivity contribution in [2.45, 2.75) is 25.3 Å². The molecule has 0 saturated carbocycles. The summed E-state index contributed by atoms with van der Waals surface area (Å²) in [5.74, 6) is 0.181. The van der Waals surface area contributed by atoms with E-state index >= 15 is 0 Å². The molecule has 1 aliphatic heterocycles. The number of carbonyl (C=O) groups is 2. The van der Waals surface area contributed by atoms with Gasteiger partial charge in [0.25, 0.3) is 0 Å². The van der Waals surface area contributed by atoms with E-state index in [0.717, 1.165) is 0 Å². The number of hydrogen-bond donors (Lipinski definition) is 1. The van der Waals surface area contributed by atoms with Crippen LogP contribution < -0.4 is 5.32 Å². The van der Waals surface area contributed by atoms with Crippen LogP contribution in [0.3, 0.4) is 0 Å². The highest BCUT2D eigenvalue weighted by Gasteiger charge is 2.39. The average Bonchev–Trinajstić information content (AvgIpc) is 3.24. The van der Waals surface area contributed by atoms with Crippen LogP contribution in [0.5, 0.6) is 0 Å². The van der Waals surface area contributed by atoms with Crippen molar-refractivity contribution >= 4 is 12.0 Å². The van der Waals surface area contributed by atoms with Gasteiger partial charge in [-0.15, -0.1) is 0 Å². The van der Waals surface area contributed by atoms with Gasteiger partial charge in [0.2, 0.25) is 5.91 Å². The van der Waals surface area contributed by atoms with E-state index in [1.807, 2.05) is 31.2 Å². The fraction of sp³-hybridized carbons (Fsp3) is 0.364. The fourth-order valence-electron chi connectivity index (χ4n) is 4.34. The number of carbonyl (C=O) groups excluding carboxylic acids is 2. The molecule has 1 unspecified atom stereocenters. The highest BCUT2D eigenvalue weighted by Crippen LogP contribution is 2.44. The molecule has 1 saturated heterocycles. The molecule has 0 bridgehead atoms. The summed E-state index contributed by atoms with van der Waals surface area (Å²) < 4.78 is 5.70. The minimum atomic E-state index is -0.444. The highest BCUT2D eigenvalue weighted by atomic mass is 16.6. The monoisotopic (exact) mass is 364 g/mol. The van der Waals surface area contributed by atoms with E-state index in [1.165, 1.54) is 22.3 Å². The summed E-state index contributed by atoms with van der Waals surface area (Å²) in [5.41, 5.74) is 4.77. The first-order valence-electron chi connectivity index (χ1n) is 9.43. The lowest BCUT2D eigenvalue weighted by molar-refractivity contribution is -0.124. The van der Waals surface area contributed by atoms with Gasteiger partial charge in [-0.2, -0.15) is 0 Å². The van der Waals surface area contributed by atoms with Crippen molar-refractivity contribution in [3.63, 3.8) is 0 Å². The van der Waals surface area contributed by atoms with Crippen LogP contribution in [0, 0.1) is 5.92 Å². The first-order chi connectivity index (χ1) is 13.1. The number of nitrogens with zero attached hydrogens (tertiary/aromatic N) is 1. The summed E-state index contributed by atoms with van der Waals surface area (Å²) >= 11 is 0. The number of likely N-dealkylation sites (N-methyl/N-ethyl adjacent to an activating group) is 1. The molecular weight excluding hydrogens is 340 g/mol. The van der Waals surface area contributed by atoms with Gasteiger partial charge < -0.3 is 10.1 Å². The third-order valence-corrected chi connectivity index (χ3v) is 5.63. The highest BCUT2D eigenvalue weighted by molar-refractivity contribution is 5.86. The Morgan fingerprint density at radius 1 is 1.07 bits per heavy atom. The SMILES string of the molecule is CNC(=O)C1C[C@H](C)CN1C(=O)OCC1c2ccccc2-c2ccccc21. The van der Waals surface area contributed by atoms with Gasteiger partial charge in [-0.3, -0.25) is 9.69 Å². The van der Waals surface area contributed by atoms with Crippen LogP contribution in [0.25, 0.3) is 11.1 Å². The molecule has 1 aliphatic carbocycles. The molecule has 140 valence electrons. The Labute approximate surface area is 159 Å². The molecule has 27 heavy (non-hydrogen) atoms. The van der Waals surface area contributed by atoms with E-state index in [4.69, 9.17) is 4.74 Å². The molecule has 5 heteroatoms. The second-order valence-corrected chi connectivity index (χ2v) is 7.43. The molecule has 0 spiro atoms. The molecule has 0 radical (unpaired) electrons. The number of nitrogens with one attached hydrogen (secondary N) is 1. The minimum absolute atomic E-state index is 0.0276. The molecular formula is C22H24N2O3. The number of likely N-dealkylation sites (tertiary alicyclic amines) is 1. The summed E-state index contributed by atoms with van der Waals surface area (Å²) in [5, 5.41) is 2.65. The lowest BCUT2D eigenvalue weighted by Gasteiger charge is -2.24. The van der Waals surface area contributed by atoms with Crippen molar-refractivity contribution in [1.29, 1.82) is 0 Å². The molecule has 2 amide bonds. The number of fused-ring (bicyclic) bond motifs is 3. The topological polar surface area (TPSA) is 58.6 Å². The second-order valence-electron chi connectivity index (χ2n) is 7.43. The standard InChI is InChI=1S/C22H24N2O3/c1-14-11-20(21(25)23-2)24(12-14)22(26)27-13-19-17-9-5-3-7-15(17)16-8-4-6-10-18(16)19/h3-10,14,19-20H,11-13H2,1-2H3,(H,23,25)/t14-,20?/m0/s1. The van der Waals surface area contributed by atoms with E-state index in [0.29, 0.717) is 13.0 Å². The van der Waals surface area contributed by atoms with E-state index in [9.17, 15) is 9.59 Å². The first-order valence-corrected chi connectivity index (χ1v) is 9.43. The number of benzene rings is 2. The molecule has 1 heterocycles. The zero-order chi connectivity index (χ0) is 19.0. The number of amides is 2. The van der Waals surface area contributed by atoms with Crippen molar-refractivity contribution < 1.29 is 14.3 Å². The molecule has 0 aromatic heterocycles. The van der Waals surface area contributed by atoms with Crippen molar-refractivity contribution in [1.82, 2.24) is 10.2 Å². The zero-order valence-electron chi connectivity index (χ0n) is 15.6. The lowest BCUT2D eigenvalue weighted by Crippen LogP contribution is -2.45. The number of hydrogen-bond acceptors (Lipinski definition) is 3. The van der Waals surface area contributed by atoms with E-state index in [2.05, 4.69) is 29.6 Å². The molecule has 4 rings (SSSR count). The summed E-state index contributed by atoms with van der Waals surface area (Å²) in [7, 11) is 1.60. The number of rotatable bonds is 3. The van der Waals surface area contributed by atoms with Crippen LogP contribution in [-0.2, 0) is 9.53 Å². The third-order valence-electron chi connectivity index (χ3n) is 5.63. The first kappa shape index (κ1) is 17.6. The van der Waals surface area contributed by atoms with Gasteiger partial charge in [0.05, 0.1) is 0 Å². The maximum Gasteiger partial charge on any atom is 0.410 e. The van der Waals surface area contributed by atoms with Crippen molar-refractivity contribution in [3.05, 3.63) is 59.7 Å². The smallest absolute Gasteiger partial charge is 0.410 e. The summed E-state index contributed by atoms with van der Waals surface area (Å²) in [6.07, 6.45) is 0.263. The predicted molar refractivity (Wildman–Crippen MR) is 103 cm³/mol. The van der Waals surface area contributed by atoms with Gasteiger partial charge >= 0.3 is 6.09 Å². The van der Waals surface area contributed by atoms with E-state index in [-0.39, 0.29) is 24.3 Å². The van der Waals surface area contributed by atoms with Crippen molar-refractivity contribution in [2.24, 2.45) is 5.92 Å². The van der Waals surface area contributed by atoms with E-state index in [1.54, 1.807) is 11.9 Å². The zero-order valence-corrected chi connectivity index (χ0v) is 15.6. The van der Waals surface area contributed by atoms with Gasteiger partial charge in [0.1, 0.15) is 12.6 Å². The maximum absolute atomic E-state index is 12.7. The van der Waals surface area contributed by atoms with Crippen LogP contribution in [0.2, 0.25) is 0 Å². The molecule has 2 atom stereocenters.